The Hall–Kier alpha value is -2.49. The Bertz CT molecular complexity index is 982. The molecule has 0 unspecified atom stereocenters. The predicted octanol–water partition coefficient (Wildman–Crippen LogP) is 3.35. The summed E-state index contributed by atoms with van der Waals surface area (Å²) in [5, 5.41) is 14.6. The molecule has 0 bridgehead atoms. The standard InChI is InChI=1S/C20H28N4O4S/c1-20(2,3)22-29(27,28)17-10-11-18(19(12-17)24(25)26)21-13-15-8-6-7-9-16(15)14-23(4)5/h6-12,21-22H,13-14H2,1-5H3. The zero-order valence-corrected chi connectivity index (χ0v) is 18.2. The average molecular weight is 421 g/mol. The van der Waals surface area contributed by atoms with Crippen LogP contribution in [0.25, 0.3) is 0 Å². The minimum absolute atomic E-state index is 0.141. The highest BCUT2D eigenvalue weighted by molar-refractivity contribution is 7.89. The molecule has 29 heavy (non-hydrogen) atoms. The summed E-state index contributed by atoms with van der Waals surface area (Å²) in [5.74, 6) is 0. The highest BCUT2D eigenvalue weighted by atomic mass is 32.2. The Balaban J connectivity index is 2.30. The number of sulfonamides is 1. The van der Waals surface area contributed by atoms with Crippen LogP contribution >= 0.6 is 0 Å². The molecule has 0 spiro atoms. The first-order valence-corrected chi connectivity index (χ1v) is 10.7. The van der Waals surface area contributed by atoms with Crippen LogP contribution < -0.4 is 10.0 Å². The Morgan fingerprint density at radius 1 is 1.07 bits per heavy atom. The Kier molecular flexibility index (Phi) is 6.99. The van der Waals surface area contributed by atoms with Gasteiger partial charge in [-0.25, -0.2) is 13.1 Å². The van der Waals surface area contributed by atoms with Crippen LogP contribution in [0, 0.1) is 10.1 Å². The van der Waals surface area contributed by atoms with Crippen molar-refractivity contribution in [1.82, 2.24) is 9.62 Å². The summed E-state index contributed by atoms with van der Waals surface area (Å²) >= 11 is 0. The highest BCUT2D eigenvalue weighted by Gasteiger charge is 2.25. The third-order valence-corrected chi connectivity index (χ3v) is 5.75. The number of nitro groups is 1. The molecule has 0 heterocycles. The van der Waals surface area contributed by atoms with E-state index in [0.29, 0.717) is 6.54 Å². The van der Waals surface area contributed by atoms with Gasteiger partial charge in [0.15, 0.2) is 0 Å². The molecular weight excluding hydrogens is 392 g/mol. The molecule has 0 saturated carbocycles. The van der Waals surface area contributed by atoms with Gasteiger partial charge in [0.2, 0.25) is 10.0 Å². The summed E-state index contributed by atoms with van der Waals surface area (Å²) in [6, 6.07) is 11.7. The fraction of sp³-hybridized carbons (Fsp3) is 0.400. The van der Waals surface area contributed by atoms with Crippen LogP contribution in [0.15, 0.2) is 47.4 Å². The maximum atomic E-state index is 12.5. The van der Waals surface area contributed by atoms with Gasteiger partial charge in [0, 0.05) is 24.7 Å². The number of nitrogens with one attached hydrogen (secondary N) is 2. The van der Waals surface area contributed by atoms with E-state index in [1.807, 2.05) is 43.3 Å². The molecular formula is C20H28N4O4S. The number of rotatable bonds is 8. The molecule has 0 aliphatic carbocycles. The van der Waals surface area contributed by atoms with E-state index in [9.17, 15) is 18.5 Å². The van der Waals surface area contributed by atoms with Gasteiger partial charge in [-0.3, -0.25) is 10.1 Å². The summed E-state index contributed by atoms with van der Waals surface area (Å²) < 4.78 is 27.5. The maximum Gasteiger partial charge on any atom is 0.293 e. The van der Waals surface area contributed by atoms with Gasteiger partial charge < -0.3 is 10.2 Å². The number of benzene rings is 2. The lowest BCUT2D eigenvalue weighted by Gasteiger charge is -2.20. The first-order chi connectivity index (χ1) is 13.4. The smallest absolute Gasteiger partial charge is 0.293 e. The molecule has 0 aromatic heterocycles. The third kappa shape index (κ3) is 6.52. The molecule has 0 aliphatic heterocycles. The highest BCUT2D eigenvalue weighted by Crippen LogP contribution is 2.29. The van der Waals surface area contributed by atoms with E-state index >= 15 is 0 Å². The number of nitrogens with zero attached hydrogens (tertiary/aromatic N) is 2. The molecule has 0 atom stereocenters. The molecule has 8 nitrogen and oxygen atoms in total. The SMILES string of the molecule is CN(C)Cc1ccccc1CNc1ccc(S(=O)(=O)NC(C)(C)C)cc1[N+](=O)[O-]. The molecule has 2 aromatic carbocycles. The monoisotopic (exact) mass is 420 g/mol. The lowest BCUT2D eigenvalue weighted by Crippen LogP contribution is -2.40. The van der Waals surface area contributed by atoms with Gasteiger partial charge in [-0.15, -0.1) is 0 Å². The zero-order chi connectivity index (χ0) is 21.8. The minimum atomic E-state index is -3.87. The zero-order valence-electron chi connectivity index (χ0n) is 17.4. The third-order valence-electron chi connectivity index (χ3n) is 3.99. The molecule has 0 radical (unpaired) electrons. The van der Waals surface area contributed by atoms with E-state index < -0.39 is 20.5 Å². The molecule has 0 saturated heterocycles. The second kappa shape index (κ2) is 8.89. The van der Waals surface area contributed by atoms with Crippen LogP contribution in [0.5, 0.6) is 0 Å². The Labute approximate surface area is 172 Å². The second-order valence-corrected chi connectivity index (χ2v) is 9.83. The van der Waals surface area contributed by atoms with Crippen molar-refractivity contribution in [2.45, 2.75) is 44.3 Å². The fourth-order valence-electron chi connectivity index (χ4n) is 2.86. The van der Waals surface area contributed by atoms with Crippen LogP contribution in [-0.2, 0) is 23.1 Å². The average Bonchev–Trinajstić information content (AvgIpc) is 2.58. The Morgan fingerprint density at radius 3 is 2.24 bits per heavy atom. The number of hydrogen-bond donors (Lipinski definition) is 2. The van der Waals surface area contributed by atoms with Crippen LogP contribution in [0.1, 0.15) is 31.9 Å². The van der Waals surface area contributed by atoms with Gasteiger partial charge in [0.1, 0.15) is 5.69 Å². The van der Waals surface area contributed by atoms with E-state index in [1.54, 1.807) is 20.8 Å². The molecule has 2 aromatic rings. The van der Waals surface area contributed by atoms with E-state index in [1.165, 1.54) is 12.1 Å². The van der Waals surface area contributed by atoms with E-state index in [0.717, 1.165) is 23.7 Å². The summed E-state index contributed by atoms with van der Waals surface area (Å²) in [7, 11) is 0.0783. The quantitative estimate of drug-likeness (QED) is 0.501. The first-order valence-electron chi connectivity index (χ1n) is 9.17. The van der Waals surface area contributed by atoms with Crippen LogP contribution in [0.2, 0.25) is 0 Å². The predicted molar refractivity (Wildman–Crippen MR) is 114 cm³/mol. The van der Waals surface area contributed by atoms with Crippen molar-refractivity contribution >= 4 is 21.4 Å². The molecule has 2 N–H and O–H groups in total. The van der Waals surface area contributed by atoms with Crippen molar-refractivity contribution in [2.75, 3.05) is 19.4 Å². The Morgan fingerprint density at radius 2 is 1.69 bits per heavy atom. The molecule has 0 fully saturated rings. The lowest BCUT2D eigenvalue weighted by atomic mass is 10.1. The van der Waals surface area contributed by atoms with Crippen molar-refractivity contribution < 1.29 is 13.3 Å². The van der Waals surface area contributed by atoms with Crippen LogP contribution in [0.3, 0.4) is 0 Å². The number of nitro benzene ring substituents is 1. The molecule has 158 valence electrons. The van der Waals surface area contributed by atoms with Gasteiger partial charge in [-0.05, 0) is 58.1 Å². The summed E-state index contributed by atoms with van der Waals surface area (Å²) in [4.78, 5) is 12.9. The van der Waals surface area contributed by atoms with Crippen molar-refractivity contribution in [1.29, 1.82) is 0 Å². The molecule has 2 rings (SSSR count). The molecule has 0 aliphatic rings. The van der Waals surface area contributed by atoms with Gasteiger partial charge >= 0.3 is 0 Å². The number of anilines is 1. The van der Waals surface area contributed by atoms with Crippen molar-refractivity contribution in [3.63, 3.8) is 0 Å². The first kappa shape index (κ1) is 22.8. The normalized spacial score (nSPS) is 12.2. The van der Waals surface area contributed by atoms with Gasteiger partial charge in [-0.1, -0.05) is 24.3 Å². The summed E-state index contributed by atoms with van der Waals surface area (Å²) in [5.41, 5.74) is 1.42. The lowest BCUT2D eigenvalue weighted by molar-refractivity contribution is -0.384. The summed E-state index contributed by atoms with van der Waals surface area (Å²) in [6.07, 6.45) is 0. The van der Waals surface area contributed by atoms with Gasteiger partial charge in [-0.2, -0.15) is 0 Å². The molecule has 0 amide bonds. The topological polar surface area (TPSA) is 105 Å². The van der Waals surface area contributed by atoms with Crippen LogP contribution in [0.4, 0.5) is 11.4 Å². The fourth-order valence-corrected chi connectivity index (χ4v) is 4.29. The van der Waals surface area contributed by atoms with Gasteiger partial charge in [0.05, 0.1) is 9.82 Å². The minimum Gasteiger partial charge on any atom is -0.375 e. The van der Waals surface area contributed by atoms with E-state index in [4.69, 9.17) is 0 Å². The largest absolute Gasteiger partial charge is 0.375 e. The van der Waals surface area contributed by atoms with Crippen molar-refractivity contribution in [3.8, 4) is 0 Å². The van der Waals surface area contributed by atoms with E-state index in [-0.39, 0.29) is 16.3 Å². The van der Waals surface area contributed by atoms with Gasteiger partial charge in [0.25, 0.3) is 5.69 Å². The van der Waals surface area contributed by atoms with Crippen LogP contribution in [-0.4, -0.2) is 37.9 Å². The second-order valence-electron chi connectivity index (χ2n) is 8.15. The number of hydrogen-bond acceptors (Lipinski definition) is 6. The maximum absolute atomic E-state index is 12.5. The van der Waals surface area contributed by atoms with Crippen molar-refractivity contribution in [3.05, 3.63) is 63.7 Å². The summed E-state index contributed by atoms with van der Waals surface area (Å²) in [6.45, 7) is 6.26. The molecule has 9 heteroatoms. The van der Waals surface area contributed by atoms with E-state index in [2.05, 4.69) is 10.0 Å². The van der Waals surface area contributed by atoms with Crippen molar-refractivity contribution in [2.24, 2.45) is 0 Å².